The van der Waals surface area contributed by atoms with Crippen molar-refractivity contribution in [3.63, 3.8) is 0 Å². The minimum atomic E-state index is -3.64. The molecular weight excluding hydrogens is 332 g/mol. The lowest BCUT2D eigenvalue weighted by Gasteiger charge is -2.20. The maximum atomic E-state index is 12.0. The third kappa shape index (κ3) is 3.76. The molecule has 0 radical (unpaired) electrons. The molecule has 1 N–H and O–H groups in total. The van der Waals surface area contributed by atoms with Gasteiger partial charge in [-0.15, -0.1) is 0 Å². The van der Waals surface area contributed by atoms with Crippen LogP contribution in [0.3, 0.4) is 0 Å². The molecular formula is C13H15ClN2O5S. The molecule has 2 rings (SSSR count). The summed E-state index contributed by atoms with van der Waals surface area (Å²) in [5.74, 6) is -1.41. The van der Waals surface area contributed by atoms with Crippen molar-refractivity contribution >= 4 is 39.2 Å². The van der Waals surface area contributed by atoms with Gasteiger partial charge in [-0.05, 0) is 24.6 Å². The number of hydrogen-bond acceptors (Lipinski definition) is 5. The number of halogens is 1. The van der Waals surface area contributed by atoms with Gasteiger partial charge >= 0.3 is 5.97 Å². The zero-order valence-corrected chi connectivity index (χ0v) is 13.4. The van der Waals surface area contributed by atoms with Crippen LogP contribution in [0.15, 0.2) is 24.3 Å². The highest BCUT2D eigenvalue weighted by atomic mass is 35.5. The number of rotatable bonds is 4. The molecule has 1 heterocycles. The van der Waals surface area contributed by atoms with Crippen molar-refractivity contribution in [2.45, 2.75) is 12.5 Å². The average molecular weight is 347 g/mol. The van der Waals surface area contributed by atoms with Crippen LogP contribution < -0.4 is 5.32 Å². The van der Waals surface area contributed by atoms with E-state index in [1.165, 1.54) is 13.2 Å². The fourth-order valence-electron chi connectivity index (χ4n) is 2.20. The van der Waals surface area contributed by atoms with Gasteiger partial charge in [-0.2, -0.15) is 4.31 Å². The van der Waals surface area contributed by atoms with Crippen molar-refractivity contribution in [3.8, 4) is 0 Å². The first kappa shape index (κ1) is 16.7. The van der Waals surface area contributed by atoms with Crippen molar-refractivity contribution in [1.29, 1.82) is 0 Å². The van der Waals surface area contributed by atoms with Crippen LogP contribution in [0.4, 0.5) is 5.69 Å². The molecule has 1 saturated heterocycles. The summed E-state index contributed by atoms with van der Waals surface area (Å²) in [5.41, 5.74) is 0.448. The molecule has 0 bridgehead atoms. The predicted molar refractivity (Wildman–Crippen MR) is 81.0 cm³/mol. The summed E-state index contributed by atoms with van der Waals surface area (Å²) in [6, 6.07) is 5.51. The van der Waals surface area contributed by atoms with Gasteiger partial charge in [-0.25, -0.2) is 8.42 Å². The van der Waals surface area contributed by atoms with Gasteiger partial charge in [-0.1, -0.05) is 17.7 Å². The molecule has 1 fully saturated rings. The molecule has 0 spiro atoms. The Labute approximate surface area is 133 Å². The second-order valence-corrected chi connectivity index (χ2v) is 7.22. The Hall–Kier alpha value is -1.64. The minimum absolute atomic E-state index is 0.111. The van der Waals surface area contributed by atoms with Gasteiger partial charge in [0.25, 0.3) is 0 Å². The maximum absolute atomic E-state index is 12.0. The highest BCUT2D eigenvalue weighted by Crippen LogP contribution is 2.22. The molecule has 1 aromatic carbocycles. The molecule has 1 unspecified atom stereocenters. The lowest BCUT2D eigenvalue weighted by atomic mass is 10.2. The van der Waals surface area contributed by atoms with E-state index in [4.69, 9.17) is 11.6 Å². The van der Waals surface area contributed by atoms with Gasteiger partial charge in [0, 0.05) is 10.7 Å². The monoisotopic (exact) mass is 346 g/mol. The summed E-state index contributed by atoms with van der Waals surface area (Å²) in [5, 5.41) is 2.99. The van der Waals surface area contributed by atoms with Crippen LogP contribution in [0.2, 0.25) is 5.02 Å². The molecule has 1 aliphatic rings. The van der Waals surface area contributed by atoms with E-state index in [1.807, 2.05) is 0 Å². The van der Waals surface area contributed by atoms with Gasteiger partial charge in [0.1, 0.15) is 6.04 Å². The highest BCUT2D eigenvalue weighted by Gasteiger charge is 2.43. The van der Waals surface area contributed by atoms with Crippen molar-refractivity contribution < 1.29 is 22.7 Å². The second kappa shape index (κ2) is 6.64. The normalized spacial score (nSPS) is 20.5. The van der Waals surface area contributed by atoms with Crippen LogP contribution in [-0.4, -0.2) is 50.0 Å². The standard InChI is InChI=1S/C13H15ClN2O5S/c1-21-13(18)11-5-6-22(19,20)16(11)8-12(17)15-10-4-2-3-9(14)7-10/h2-4,7,11H,5-6,8H2,1H3,(H,15,17). The Morgan fingerprint density at radius 3 is 2.82 bits per heavy atom. The van der Waals surface area contributed by atoms with Crippen molar-refractivity contribution in [1.82, 2.24) is 4.31 Å². The Kier molecular flexibility index (Phi) is 5.05. The van der Waals surface area contributed by atoms with Crippen molar-refractivity contribution in [3.05, 3.63) is 29.3 Å². The summed E-state index contributed by atoms with van der Waals surface area (Å²) < 4.78 is 29.4. The third-order valence-corrected chi connectivity index (χ3v) is 5.32. The van der Waals surface area contributed by atoms with Crippen LogP contribution in [0.1, 0.15) is 6.42 Å². The van der Waals surface area contributed by atoms with Gasteiger partial charge in [0.05, 0.1) is 19.4 Å². The number of carbonyl (C=O) groups excluding carboxylic acids is 2. The van der Waals surface area contributed by atoms with Crippen LogP contribution in [0, 0.1) is 0 Å². The maximum Gasteiger partial charge on any atom is 0.324 e. The van der Waals surface area contributed by atoms with Crippen LogP contribution in [0.5, 0.6) is 0 Å². The molecule has 0 aromatic heterocycles. The number of anilines is 1. The SMILES string of the molecule is COC(=O)C1CCS(=O)(=O)N1CC(=O)Nc1cccc(Cl)c1. The molecule has 1 amide bonds. The number of nitrogens with zero attached hydrogens (tertiary/aromatic N) is 1. The fraction of sp³-hybridized carbons (Fsp3) is 0.385. The first-order chi connectivity index (χ1) is 10.3. The lowest BCUT2D eigenvalue weighted by Crippen LogP contribution is -2.43. The third-order valence-electron chi connectivity index (χ3n) is 3.24. The number of ether oxygens (including phenoxy) is 1. The van der Waals surface area contributed by atoms with E-state index in [9.17, 15) is 18.0 Å². The van der Waals surface area contributed by atoms with E-state index >= 15 is 0 Å². The number of sulfonamides is 1. The molecule has 0 aliphatic carbocycles. The summed E-state index contributed by atoms with van der Waals surface area (Å²) in [6.45, 7) is -0.450. The van der Waals surface area contributed by atoms with E-state index < -0.39 is 34.5 Å². The van der Waals surface area contributed by atoms with E-state index in [1.54, 1.807) is 18.2 Å². The second-order valence-electron chi connectivity index (χ2n) is 4.75. The first-order valence-electron chi connectivity index (χ1n) is 6.46. The zero-order chi connectivity index (χ0) is 16.3. The van der Waals surface area contributed by atoms with E-state index in [2.05, 4.69) is 10.1 Å². The molecule has 22 heavy (non-hydrogen) atoms. The quantitative estimate of drug-likeness (QED) is 0.816. The highest BCUT2D eigenvalue weighted by molar-refractivity contribution is 7.89. The molecule has 9 heteroatoms. The zero-order valence-electron chi connectivity index (χ0n) is 11.8. The summed E-state index contributed by atoms with van der Waals surface area (Å²) in [6.07, 6.45) is 0.111. The molecule has 0 saturated carbocycles. The van der Waals surface area contributed by atoms with E-state index in [0.29, 0.717) is 10.7 Å². The fourth-order valence-corrected chi connectivity index (χ4v) is 4.04. The van der Waals surface area contributed by atoms with Crippen LogP contribution >= 0.6 is 11.6 Å². The molecule has 120 valence electrons. The molecule has 7 nitrogen and oxygen atoms in total. The van der Waals surface area contributed by atoms with E-state index in [-0.39, 0.29) is 12.2 Å². The Bertz CT molecular complexity index is 691. The van der Waals surface area contributed by atoms with Crippen LogP contribution in [0.25, 0.3) is 0 Å². The van der Waals surface area contributed by atoms with E-state index in [0.717, 1.165) is 4.31 Å². The van der Waals surface area contributed by atoms with Crippen LogP contribution in [-0.2, 0) is 24.3 Å². The lowest BCUT2D eigenvalue weighted by molar-refractivity contribution is -0.144. The van der Waals surface area contributed by atoms with Gasteiger partial charge in [0.2, 0.25) is 15.9 Å². The van der Waals surface area contributed by atoms with Crippen molar-refractivity contribution in [2.24, 2.45) is 0 Å². The minimum Gasteiger partial charge on any atom is -0.468 e. The topological polar surface area (TPSA) is 92.8 Å². The number of amides is 1. The summed E-state index contributed by atoms with van der Waals surface area (Å²) in [7, 11) is -2.46. The summed E-state index contributed by atoms with van der Waals surface area (Å²) >= 11 is 5.81. The number of hydrogen-bond donors (Lipinski definition) is 1. The number of methoxy groups -OCH3 is 1. The summed E-state index contributed by atoms with van der Waals surface area (Å²) in [4.78, 5) is 23.6. The van der Waals surface area contributed by atoms with Gasteiger partial charge in [-0.3, -0.25) is 9.59 Å². The number of benzene rings is 1. The molecule has 1 aromatic rings. The number of carbonyl (C=O) groups is 2. The number of nitrogens with one attached hydrogen (secondary N) is 1. The Balaban J connectivity index is 2.09. The average Bonchev–Trinajstić information content (AvgIpc) is 2.73. The predicted octanol–water partition coefficient (Wildman–Crippen LogP) is 0.856. The van der Waals surface area contributed by atoms with Gasteiger partial charge < -0.3 is 10.1 Å². The largest absolute Gasteiger partial charge is 0.468 e. The Morgan fingerprint density at radius 1 is 1.45 bits per heavy atom. The molecule has 1 aliphatic heterocycles. The smallest absolute Gasteiger partial charge is 0.324 e. The van der Waals surface area contributed by atoms with Gasteiger partial charge in [0.15, 0.2) is 0 Å². The number of esters is 1. The molecule has 1 atom stereocenters. The Morgan fingerprint density at radius 2 is 2.18 bits per heavy atom. The van der Waals surface area contributed by atoms with Crippen molar-refractivity contribution in [2.75, 3.05) is 24.7 Å². The first-order valence-corrected chi connectivity index (χ1v) is 8.45.